The van der Waals surface area contributed by atoms with Crippen LogP contribution in [0.4, 0.5) is 11.4 Å². The van der Waals surface area contributed by atoms with Gasteiger partial charge in [0.05, 0.1) is 10.7 Å². The van der Waals surface area contributed by atoms with Crippen molar-refractivity contribution in [2.24, 2.45) is 0 Å². The van der Waals surface area contributed by atoms with Gasteiger partial charge in [0.25, 0.3) is 11.6 Å². The van der Waals surface area contributed by atoms with Crippen molar-refractivity contribution in [3.63, 3.8) is 0 Å². The third-order valence-corrected chi connectivity index (χ3v) is 4.06. The summed E-state index contributed by atoms with van der Waals surface area (Å²) in [6, 6.07) is 3.96. The molecule has 0 saturated carbocycles. The van der Waals surface area contributed by atoms with Crippen molar-refractivity contribution in [2.45, 2.75) is 0 Å². The van der Waals surface area contributed by atoms with Gasteiger partial charge in [-0.1, -0.05) is 0 Å². The average molecular weight is 316 g/mol. The van der Waals surface area contributed by atoms with E-state index in [9.17, 15) is 23.3 Å². The van der Waals surface area contributed by atoms with Crippen LogP contribution in [0.2, 0.25) is 0 Å². The summed E-state index contributed by atoms with van der Waals surface area (Å²) in [4.78, 5) is 22.1. The van der Waals surface area contributed by atoms with E-state index < -0.39 is 20.9 Å². The summed E-state index contributed by atoms with van der Waals surface area (Å²) in [5, 5.41) is 15.9. The number of carbonyl (C=O) groups excluding carboxylic acids is 1. The summed E-state index contributed by atoms with van der Waals surface area (Å²) >= 11 is 0. The van der Waals surface area contributed by atoms with Crippen LogP contribution >= 0.6 is 0 Å². The predicted molar refractivity (Wildman–Crippen MR) is 77.8 cm³/mol. The van der Waals surface area contributed by atoms with Crippen LogP contribution in [0, 0.1) is 10.1 Å². The third-order valence-electron chi connectivity index (χ3n) is 2.69. The van der Waals surface area contributed by atoms with Gasteiger partial charge in [-0.3, -0.25) is 14.9 Å². The van der Waals surface area contributed by atoms with E-state index in [0.29, 0.717) is 0 Å². The molecule has 0 aliphatic heterocycles. The molecule has 21 heavy (non-hydrogen) atoms. The molecule has 0 radical (unpaired) electrons. The number of hydrogen-bond acceptors (Lipinski definition) is 6. The zero-order valence-corrected chi connectivity index (χ0v) is 12.4. The van der Waals surface area contributed by atoms with Crippen molar-refractivity contribution in [3.8, 4) is 0 Å². The van der Waals surface area contributed by atoms with Crippen molar-refractivity contribution in [1.29, 1.82) is 0 Å². The quantitative estimate of drug-likeness (QED) is 0.476. The molecule has 1 aromatic carbocycles. The second-order valence-electron chi connectivity index (χ2n) is 4.02. The number of nitro benzene ring substituents is 1. The Morgan fingerprint density at radius 2 is 2.00 bits per heavy atom. The van der Waals surface area contributed by atoms with Gasteiger partial charge in [0.1, 0.15) is 5.69 Å². The molecule has 1 aromatic rings. The van der Waals surface area contributed by atoms with E-state index in [4.69, 9.17) is 0 Å². The summed E-state index contributed by atoms with van der Waals surface area (Å²) in [7, 11) is -0.605. The minimum Gasteiger partial charge on any atom is -0.383 e. The van der Waals surface area contributed by atoms with Crippen LogP contribution in [-0.2, 0) is 10.0 Å². The maximum absolute atomic E-state index is 11.8. The standard InChI is InChI=1S/C11H16N4O5S/c1-12-9-4-3-8(7-10(9)15(17)18)11(16)14-5-6-21(19,20)13-2/h3-4,7,12-13H,5-6H2,1-2H3,(H,14,16). The molecule has 0 bridgehead atoms. The number of carbonyl (C=O) groups is 1. The summed E-state index contributed by atoms with van der Waals surface area (Å²) in [6.07, 6.45) is 0. The lowest BCUT2D eigenvalue weighted by Gasteiger charge is -2.07. The number of anilines is 1. The molecule has 116 valence electrons. The number of sulfonamides is 1. The highest BCUT2D eigenvalue weighted by Gasteiger charge is 2.17. The van der Waals surface area contributed by atoms with Crippen LogP contribution in [0.1, 0.15) is 10.4 Å². The number of nitrogens with zero attached hydrogens (tertiary/aromatic N) is 1. The minimum absolute atomic E-state index is 0.0857. The highest BCUT2D eigenvalue weighted by molar-refractivity contribution is 7.89. The van der Waals surface area contributed by atoms with Gasteiger partial charge in [0.15, 0.2) is 0 Å². The molecule has 3 N–H and O–H groups in total. The second-order valence-corrected chi connectivity index (χ2v) is 6.06. The number of amides is 1. The van der Waals surface area contributed by atoms with E-state index in [1.807, 2.05) is 0 Å². The predicted octanol–water partition coefficient (Wildman–Crippen LogP) is -0.0845. The van der Waals surface area contributed by atoms with Gasteiger partial charge in [-0.2, -0.15) is 0 Å². The van der Waals surface area contributed by atoms with Gasteiger partial charge >= 0.3 is 0 Å². The van der Waals surface area contributed by atoms with Crippen LogP contribution in [0.25, 0.3) is 0 Å². The first-order valence-corrected chi connectivity index (χ1v) is 7.61. The second kappa shape index (κ2) is 6.99. The minimum atomic E-state index is -3.41. The van der Waals surface area contributed by atoms with Gasteiger partial charge in [-0.25, -0.2) is 13.1 Å². The Bertz CT molecular complexity index is 644. The molecule has 9 nitrogen and oxygen atoms in total. The molecular weight excluding hydrogens is 300 g/mol. The molecule has 0 aliphatic carbocycles. The van der Waals surface area contributed by atoms with Gasteiger partial charge in [0, 0.05) is 25.2 Å². The van der Waals surface area contributed by atoms with E-state index in [0.717, 1.165) is 6.07 Å². The van der Waals surface area contributed by atoms with E-state index in [1.165, 1.54) is 26.2 Å². The summed E-state index contributed by atoms with van der Waals surface area (Å²) in [6.45, 7) is -0.0937. The number of nitrogens with one attached hydrogen (secondary N) is 3. The fourth-order valence-electron chi connectivity index (χ4n) is 1.54. The highest BCUT2D eigenvalue weighted by atomic mass is 32.2. The molecule has 0 atom stereocenters. The molecule has 0 unspecified atom stereocenters. The van der Waals surface area contributed by atoms with Crippen LogP contribution in [0.15, 0.2) is 18.2 Å². The lowest BCUT2D eigenvalue weighted by atomic mass is 10.1. The smallest absolute Gasteiger partial charge is 0.293 e. The first-order chi connectivity index (χ1) is 9.80. The first-order valence-electron chi connectivity index (χ1n) is 5.96. The zero-order chi connectivity index (χ0) is 16.0. The fraction of sp³-hybridized carbons (Fsp3) is 0.364. The Hall–Kier alpha value is -2.20. The Morgan fingerprint density at radius 1 is 1.33 bits per heavy atom. The lowest BCUT2D eigenvalue weighted by Crippen LogP contribution is -2.32. The van der Waals surface area contributed by atoms with Gasteiger partial charge in [-0.15, -0.1) is 0 Å². The molecule has 0 aromatic heterocycles. The molecule has 0 saturated heterocycles. The van der Waals surface area contributed by atoms with Crippen LogP contribution in [-0.4, -0.2) is 45.6 Å². The van der Waals surface area contributed by atoms with Gasteiger partial charge in [-0.05, 0) is 19.2 Å². The maximum atomic E-state index is 11.8. The number of benzene rings is 1. The molecule has 0 heterocycles. The van der Waals surface area contributed by atoms with Crippen molar-refractivity contribution in [1.82, 2.24) is 10.0 Å². The maximum Gasteiger partial charge on any atom is 0.293 e. The largest absolute Gasteiger partial charge is 0.383 e. The topological polar surface area (TPSA) is 130 Å². The van der Waals surface area contributed by atoms with E-state index in [2.05, 4.69) is 15.4 Å². The van der Waals surface area contributed by atoms with Gasteiger partial charge < -0.3 is 10.6 Å². The molecule has 10 heteroatoms. The molecular formula is C11H16N4O5S. The molecule has 1 rings (SSSR count). The van der Waals surface area contributed by atoms with Gasteiger partial charge in [0.2, 0.25) is 10.0 Å². The van der Waals surface area contributed by atoms with Crippen molar-refractivity contribution < 1.29 is 18.1 Å². The van der Waals surface area contributed by atoms with E-state index in [-0.39, 0.29) is 29.2 Å². The Kier molecular flexibility index (Phi) is 5.61. The zero-order valence-electron chi connectivity index (χ0n) is 11.5. The van der Waals surface area contributed by atoms with Crippen LogP contribution in [0.5, 0.6) is 0 Å². The fourth-order valence-corrected chi connectivity index (χ4v) is 2.11. The monoisotopic (exact) mass is 316 g/mol. The summed E-state index contributed by atoms with van der Waals surface area (Å²) in [5.41, 5.74) is 0.143. The third kappa shape index (κ3) is 4.68. The Labute approximate surface area is 121 Å². The Morgan fingerprint density at radius 3 is 2.52 bits per heavy atom. The van der Waals surface area contributed by atoms with Crippen molar-refractivity contribution in [2.75, 3.05) is 31.7 Å². The van der Waals surface area contributed by atoms with Crippen LogP contribution in [0.3, 0.4) is 0 Å². The normalized spacial score (nSPS) is 11.0. The van der Waals surface area contributed by atoms with Crippen molar-refractivity contribution >= 4 is 27.3 Å². The molecule has 0 aliphatic rings. The lowest BCUT2D eigenvalue weighted by molar-refractivity contribution is -0.384. The molecule has 0 spiro atoms. The number of nitro groups is 1. The summed E-state index contributed by atoms with van der Waals surface area (Å²) in [5.74, 6) is -0.849. The van der Waals surface area contributed by atoms with Crippen molar-refractivity contribution in [3.05, 3.63) is 33.9 Å². The number of rotatable bonds is 7. The highest BCUT2D eigenvalue weighted by Crippen LogP contribution is 2.24. The van der Waals surface area contributed by atoms with E-state index >= 15 is 0 Å². The average Bonchev–Trinajstić information content (AvgIpc) is 2.46. The first kappa shape index (κ1) is 16.9. The SMILES string of the molecule is CNc1ccc(C(=O)NCCS(=O)(=O)NC)cc1[N+](=O)[O-]. The van der Waals surface area contributed by atoms with Crippen LogP contribution < -0.4 is 15.4 Å². The number of hydrogen-bond donors (Lipinski definition) is 3. The summed E-state index contributed by atoms with van der Waals surface area (Å²) < 4.78 is 24.5. The molecule has 1 amide bonds. The molecule has 0 fully saturated rings. The van der Waals surface area contributed by atoms with E-state index in [1.54, 1.807) is 0 Å². The Balaban J connectivity index is 2.79.